The number of hydrogen-bond donors (Lipinski definition) is 1. The number of anilines is 3. The number of ether oxygens (including phenoxy) is 2. The number of aromatic nitrogens is 3. The summed E-state index contributed by atoms with van der Waals surface area (Å²) in [5.74, 6) is 0.247. The normalized spacial score (nSPS) is 10.8. The van der Waals surface area contributed by atoms with Crippen LogP contribution in [0, 0.1) is 11.6 Å². The van der Waals surface area contributed by atoms with Crippen molar-refractivity contribution in [1.82, 2.24) is 15.0 Å². The van der Waals surface area contributed by atoms with Crippen LogP contribution in [-0.2, 0) is 0 Å². The first-order chi connectivity index (χ1) is 17.8. The predicted molar refractivity (Wildman–Crippen MR) is 137 cm³/mol. The van der Waals surface area contributed by atoms with Crippen molar-refractivity contribution in [2.24, 2.45) is 0 Å². The third-order valence-electron chi connectivity index (χ3n) is 5.05. The molecule has 0 aliphatic heterocycles. The lowest BCUT2D eigenvalue weighted by Gasteiger charge is -2.15. The van der Waals surface area contributed by atoms with Gasteiger partial charge in [-0.1, -0.05) is 12.1 Å². The molecule has 0 aliphatic rings. The Morgan fingerprint density at radius 3 is 2.22 bits per heavy atom. The van der Waals surface area contributed by atoms with Gasteiger partial charge in [0.2, 0.25) is 11.9 Å². The number of rotatable bonds is 9. The first kappa shape index (κ1) is 25.2. The molecule has 1 aromatic heterocycles. The van der Waals surface area contributed by atoms with Gasteiger partial charge in [0.1, 0.15) is 11.6 Å². The average molecular weight is 504 g/mol. The molecule has 188 valence electrons. The van der Waals surface area contributed by atoms with E-state index in [1.807, 2.05) is 0 Å². The second kappa shape index (κ2) is 11.3. The average Bonchev–Trinajstić information content (AvgIpc) is 2.89. The van der Waals surface area contributed by atoms with E-state index < -0.39 is 5.82 Å². The number of methoxy groups -OCH3 is 1. The van der Waals surface area contributed by atoms with E-state index >= 15 is 0 Å². The third-order valence-corrected chi connectivity index (χ3v) is 5.05. The van der Waals surface area contributed by atoms with Crippen LogP contribution in [0.3, 0.4) is 0 Å². The van der Waals surface area contributed by atoms with Crippen LogP contribution in [0.25, 0.3) is 6.08 Å². The summed E-state index contributed by atoms with van der Waals surface area (Å²) in [6.45, 7) is 0. The Kier molecular flexibility index (Phi) is 7.68. The molecular formula is C27H23F2N5O3. The van der Waals surface area contributed by atoms with Crippen molar-refractivity contribution in [3.05, 3.63) is 95.6 Å². The first-order valence-corrected chi connectivity index (χ1v) is 11.1. The van der Waals surface area contributed by atoms with Crippen molar-refractivity contribution in [3.8, 4) is 17.5 Å². The first-order valence-electron chi connectivity index (χ1n) is 11.1. The van der Waals surface area contributed by atoms with Gasteiger partial charge in [-0.15, -0.1) is 0 Å². The van der Waals surface area contributed by atoms with Gasteiger partial charge in [-0.3, -0.25) is 4.79 Å². The minimum absolute atomic E-state index is 0.0105. The smallest absolute Gasteiger partial charge is 0.328 e. The molecule has 0 fully saturated rings. The molecule has 0 saturated carbocycles. The predicted octanol–water partition coefficient (Wildman–Crippen LogP) is 5.66. The summed E-state index contributed by atoms with van der Waals surface area (Å²) in [6.07, 6.45) is 3.01. The van der Waals surface area contributed by atoms with Gasteiger partial charge in [-0.05, 0) is 72.3 Å². The molecule has 4 rings (SSSR count). The van der Waals surface area contributed by atoms with E-state index in [0.717, 1.165) is 0 Å². The van der Waals surface area contributed by atoms with Gasteiger partial charge in [0.05, 0.1) is 7.11 Å². The number of halogens is 2. The maximum absolute atomic E-state index is 13.2. The maximum atomic E-state index is 13.2. The summed E-state index contributed by atoms with van der Waals surface area (Å²) < 4.78 is 37.7. The second-order valence-electron chi connectivity index (χ2n) is 7.98. The highest BCUT2D eigenvalue weighted by Crippen LogP contribution is 2.32. The number of hydrogen-bond acceptors (Lipinski definition) is 8. The van der Waals surface area contributed by atoms with Gasteiger partial charge >= 0.3 is 6.01 Å². The molecule has 0 aliphatic carbocycles. The van der Waals surface area contributed by atoms with E-state index in [2.05, 4.69) is 20.3 Å². The highest BCUT2D eigenvalue weighted by molar-refractivity contribution is 6.06. The lowest BCUT2D eigenvalue weighted by atomic mass is 10.1. The molecule has 1 N–H and O–H groups in total. The highest BCUT2D eigenvalue weighted by Gasteiger charge is 2.14. The van der Waals surface area contributed by atoms with Gasteiger partial charge in [0.15, 0.2) is 17.3 Å². The van der Waals surface area contributed by atoms with Crippen LogP contribution < -0.4 is 19.7 Å². The lowest BCUT2D eigenvalue weighted by molar-refractivity contribution is 0.104. The lowest BCUT2D eigenvalue weighted by Crippen LogP contribution is -2.15. The molecular weight excluding hydrogens is 480 g/mol. The van der Waals surface area contributed by atoms with Crippen LogP contribution in [0.1, 0.15) is 15.9 Å². The number of benzene rings is 3. The number of carbonyl (C=O) groups excluding carboxylic acids is 1. The monoisotopic (exact) mass is 503 g/mol. The third kappa shape index (κ3) is 6.63. The van der Waals surface area contributed by atoms with Gasteiger partial charge in [0.25, 0.3) is 0 Å². The second-order valence-corrected chi connectivity index (χ2v) is 7.98. The minimum Gasteiger partial charge on any atom is -0.493 e. The fraction of sp³-hybridized carbons (Fsp3) is 0.111. The number of allylic oxidation sites excluding steroid dienone is 1. The molecule has 10 heteroatoms. The molecule has 3 aromatic carbocycles. The van der Waals surface area contributed by atoms with Crippen molar-refractivity contribution in [1.29, 1.82) is 0 Å². The summed E-state index contributed by atoms with van der Waals surface area (Å²) in [4.78, 5) is 27.0. The minimum atomic E-state index is -0.407. The number of nitrogens with zero attached hydrogens (tertiary/aromatic N) is 4. The summed E-state index contributed by atoms with van der Waals surface area (Å²) in [6, 6.07) is 16.2. The zero-order valence-electron chi connectivity index (χ0n) is 20.3. The van der Waals surface area contributed by atoms with Crippen molar-refractivity contribution < 1.29 is 23.0 Å². The summed E-state index contributed by atoms with van der Waals surface area (Å²) in [7, 11) is 5.03. The number of carbonyl (C=O) groups is 1. The molecule has 0 bridgehead atoms. The van der Waals surface area contributed by atoms with Gasteiger partial charge in [0, 0.05) is 25.3 Å². The largest absolute Gasteiger partial charge is 0.493 e. The molecule has 8 nitrogen and oxygen atoms in total. The molecule has 4 aromatic rings. The van der Waals surface area contributed by atoms with Gasteiger partial charge in [-0.2, -0.15) is 15.0 Å². The molecule has 37 heavy (non-hydrogen) atoms. The number of nitrogens with one attached hydrogen (secondary N) is 1. The van der Waals surface area contributed by atoms with E-state index in [-0.39, 0.29) is 23.6 Å². The standard InChI is InChI=1S/C27H23F2N5O3/c1-34(2)26-31-25(30-21-12-10-20(29)11-13-21)32-27(33-26)37-23-15-5-17(16-24(23)36-3)4-14-22(35)18-6-8-19(28)9-7-18/h4-16H,1-3H3,(H,30,31,32,33)/b14-4+. The zero-order chi connectivity index (χ0) is 26.4. The van der Waals surface area contributed by atoms with Crippen LogP contribution in [0.15, 0.2) is 72.8 Å². The van der Waals surface area contributed by atoms with Crippen LogP contribution >= 0.6 is 0 Å². The summed E-state index contributed by atoms with van der Waals surface area (Å²) >= 11 is 0. The van der Waals surface area contributed by atoms with Gasteiger partial charge < -0.3 is 19.7 Å². The molecule has 0 unspecified atom stereocenters. The Balaban J connectivity index is 1.55. The Bertz CT molecular complexity index is 1430. The molecule has 0 amide bonds. The Hall–Kier alpha value is -4.86. The fourth-order valence-corrected chi connectivity index (χ4v) is 3.16. The fourth-order valence-electron chi connectivity index (χ4n) is 3.16. The van der Waals surface area contributed by atoms with E-state index in [1.165, 1.54) is 49.6 Å². The van der Waals surface area contributed by atoms with Crippen LogP contribution in [0.5, 0.6) is 17.5 Å². The molecule has 0 radical (unpaired) electrons. The molecule has 0 saturated heterocycles. The molecule has 1 heterocycles. The molecule has 0 atom stereocenters. The molecule has 0 spiro atoms. The Labute approximate surface area is 212 Å². The van der Waals surface area contributed by atoms with E-state index in [4.69, 9.17) is 9.47 Å². The quantitative estimate of drug-likeness (QED) is 0.231. The summed E-state index contributed by atoms with van der Waals surface area (Å²) in [5, 5.41) is 3.01. The number of ketones is 1. The van der Waals surface area contributed by atoms with Gasteiger partial charge in [-0.25, -0.2) is 8.78 Å². The van der Waals surface area contributed by atoms with E-state index in [1.54, 1.807) is 55.4 Å². The summed E-state index contributed by atoms with van der Waals surface area (Å²) in [5.41, 5.74) is 1.65. The zero-order valence-corrected chi connectivity index (χ0v) is 20.3. The van der Waals surface area contributed by atoms with Crippen LogP contribution in [-0.4, -0.2) is 41.9 Å². The van der Waals surface area contributed by atoms with Crippen molar-refractivity contribution in [2.75, 3.05) is 31.4 Å². The van der Waals surface area contributed by atoms with Crippen molar-refractivity contribution >= 4 is 29.4 Å². The highest BCUT2D eigenvalue weighted by atomic mass is 19.1. The Morgan fingerprint density at radius 1 is 0.892 bits per heavy atom. The van der Waals surface area contributed by atoms with Crippen LogP contribution in [0.4, 0.5) is 26.4 Å². The SMILES string of the molecule is COc1cc(/C=C/C(=O)c2ccc(F)cc2)ccc1Oc1nc(Nc2ccc(F)cc2)nc(N(C)C)n1. The van der Waals surface area contributed by atoms with Crippen molar-refractivity contribution in [3.63, 3.8) is 0 Å². The maximum Gasteiger partial charge on any atom is 0.328 e. The van der Waals surface area contributed by atoms with E-state index in [9.17, 15) is 13.6 Å². The Morgan fingerprint density at radius 2 is 1.57 bits per heavy atom. The van der Waals surface area contributed by atoms with Crippen molar-refractivity contribution in [2.45, 2.75) is 0 Å². The van der Waals surface area contributed by atoms with Crippen LogP contribution in [0.2, 0.25) is 0 Å². The van der Waals surface area contributed by atoms with E-state index in [0.29, 0.717) is 34.3 Å². The topological polar surface area (TPSA) is 89.5 Å².